The lowest BCUT2D eigenvalue weighted by molar-refractivity contribution is -0.119. The van der Waals surface area contributed by atoms with Crippen LogP contribution in [0.5, 0.6) is 5.88 Å². The van der Waals surface area contributed by atoms with Crippen LogP contribution in [0.2, 0.25) is 10.0 Å². The van der Waals surface area contributed by atoms with Crippen molar-refractivity contribution in [3.63, 3.8) is 0 Å². The monoisotopic (exact) mass is 652 g/mol. The molecule has 2 atom stereocenters. The molecule has 0 spiro atoms. The number of carbonyl (C=O) groups excluding carboxylic acids is 1. The lowest BCUT2D eigenvalue weighted by atomic mass is 10.0. The molecule has 1 amide bonds. The number of aliphatic hydroxyl groups is 1. The largest absolute Gasteiger partial charge is 0.481 e. The number of rotatable bonds is 13. The number of aromatic nitrogens is 2. The molecule has 0 saturated carbocycles. The molecule has 0 aliphatic carbocycles. The minimum atomic E-state index is -0.534. The van der Waals surface area contributed by atoms with E-state index in [1.807, 2.05) is 12.1 Å². The van der Waals surface area contributed by atoms with Crippen molar-refractivity contribution in [1.82, 2.24) is 25.9 Å². The highest BCUT2D eigenvalue weighted by molar-refractivity contribution is 6.39. The highest BCUT2D eigenvalue weighted by Crippen LogP contribution is 2.41. The summed E-state index contributed by atoms with van der Waals surface area (Å²) >= 11 is 13.8. The maximum Gasteiger partial charge on any atom is 0.220 e. The zero-order valence-corrected chi connectivity index (χ0v) is 26.5. The van der Waals surface area contributed by atoms with Crippen LogP contribution in [-0.4, -0.2) is 53.3 Å². The van der Waals surface area contributed by atoms with Gasteiger partial charge in [0, 0.05) is 67.1 Å². The number of amides is 1. The van der Waals surface area contributed by atoms with Crippen LogP contribution in [-0.2, 0) is 17.9 Å². The molecule has 5 rings (SSSR count). The molecule has 1 aliphatic heterocycles. The number of methoxy groups -OCH3 is 1. The Balaban J connectivity index is 1.36. The Morgan fingerprint density at radius 2 is 1.80 bits per heavy atom. The molecule has 5 N–H and O–H groups in total. The Bertz CT molecular complexity index is 1670. The van der Waals surface area contributed by atoms with Crippen molar-refractivity contribution >= 4 is 40.5 Å². The van der Waals surface area contributed by atoms with Crippen molar-refractivity contribution in [3.8, 4) is 28.4 Å². The quantitative estimate of drug-likeness (QED) is 0.122. The first-order valence-corrected chi connectivity index (χ1v) is 15.4. The maximum absolute atomic E-state index is 15.3. The van der Waals surface area contributed by atoms with Gasteiger partial charge in [-0.15, -0.1) is 0 Å². The van der Waals surface area contributed by atoms with E-state index >= 15 is 4.39 Å². The SMILES string of the molecule is COc1nc(-c2ccnc(-c3cccc(Nc4cccc(CNC[C@@H](C)O)c4F)c3Cl)c2Cl)ccc1CNC[C@@H]1CCC(=O)N1. The number of benzene rings is 2. The molecule has 2 aromatic heterocycles. The molecule has 0 unspecified atom stereocenters. The molecule has 0 radical (unpaired) electrons. The first kappa shape index (κ1) is 32.6. The van der Waals surface area contributed by atoms with Crippen LogP contribution in [0.25, 0.3) is 22.5 Å². The van der Waals surface area contributed by atoms with E-state index in [1.54, 1.807) is 62.7 Å². The van der Waals surface area contributed by atoms with E-state index in [-0.39, 0.29) is 24.2 Å². The number of hydrogen-bond acceptors (Lipinski definition) is 8. The summed E-state index contributed by atoms with van der Waals surface area (Å²) in [5.41, 5.74) is 4.33. The number of halogens is 3. The van der Waals surface area contributed by atoms with E-state index in [9.17, 15) is 9.90 Å². The summed E-state index contributed by atoms with van der Waals surface area (Å²) in [6, 6.07) is 16.1. The first-order valence-electron chi connectivity index (χ1n) is 14.7. The summed E-state index contributed by atoms with van der Waals surface area (Å²) in [5, 5.41) is 22.6. The molecule has 3 heterocycles. The topological polar surface area (TPSA) is 120 Å². The van der Waals surface area contributed by atoms with Gasteiger partial charge in [0.1, 0.15) is 0 Å². The van der Waals surface area contributed by atoms with Crippen LogP contribution < -0.4 is 26.0 Å². The van der Waals surface area contributed by atoms with Crippen molar-refractivity contribution < 1.29 is 19.0 Å². The van der Waals surface area contributed by atoms with Crippen LogP contribution in [0.4, 0.5) is 15.8 Å². The Hall–Kier alpha value is -3.80. The summed E-state index contributed by atoms with van der Waals surface area (Å²) in [5.74, 6) is 0.124. The molecule has 45 heavy (non-hydrogen) atoms. The highest BCUT2D eigenvalue weighted by atomic mass is 35.5. The molecule has 4 aromatic rings. The standard InChI is InChI=1S/C33H35Cl2FN6O3/c1-19(43)15-37-16-20-5-3-8-27(31(20)36)41-26-7-4-6-24(29(26)34)32-30(35)23(13-14-39-32)25-11-9-21(33(42-25)45-2)17-38-18-22-10-12-28(44)40-22/h3-9,11,13-14,19,22,37-38,41,43H,10,12,15-18H2,1-2H3,(H,40,44)/t19-,22+/m1/s1. The van der Waals surface area contributed by atoms with E-state index in [2.05, 4.69) is 26.3 Å². The molecular weight excluding hydrogens is 618 g/mol. The van der Waals surface area contributed by atoms with Gasteiger partial charge in [-0.2, -0.15) is 0 Å². The van der Waals surface area contributed by atoms with Crippen LogP contribution in [0.15, 0.2) is 60.8 Å². The summed E-state index contributed by atoms with van der Waals surface area (Å²) in [4.78, 5) is 20.7. The van der Waals surface area contributed by atoms with Crippen molar-refractivity contribution in [2.75, 3.05) is 25.5 Å². The smallest absolute Gasteiger partial charge is 0.220 e. The van der Waals surface area contributed by atoms with Crippen LogP contribution >= 0.6 is 23.2 Å². The molecule has 9 nitrogen and oxygen atoms in total. The van der Waals surface area contributed by atoms with Crippen LogP contribution in [0.3, 0.4) is 0 Å². The zero-order valence-electron chi connectivity index (χ0n) is 25.0. The first-order chi connectivity index (χ1) is 21.7. The lowest BCUT2D eigenvalue weighted by Crippen LogP contribution is -2.35. The van der Waals surface area contributed by atoms with Gasteiger partial charge in [-0.1, -0.05) is 53.5 Å². The molecule has 12 heteroatoms. The molecule has 1 fully saturated rings. The van der Waals surface area contributed by atoms with Crippen LogP contribution in [0.1, 0.15) is 30.9 Å². The lowest BCUT2D eigenvalue weighted by Gasteiger charge is -2.16. The zero-order chi connectivity index (χ0) is 31.9. The van der Waals surface area contributed by atoms with Gasteiger partial charge >= 0.3 is 0 Å². The van der Waals surface area contributed by atoms with E-state index < -0.39 is 11.9 Å². The van der Waals surface area contributed by atoms with Gasteiger partial charge in [-0.25, -0.2) is 9.37 Å². The summed E-state index contributed by atoms with van der Waals surface area (Å²) in [6.07, 6.45) is 2.48. The van der Waals surface area contributed by atoms with Gasteiger partial charge in [-0.05, 0) is 37.6 Å². The molecule has 236 valence electrons. The van der Waals surface area contributed by atoms with Gasteiger partial charge in [0.15, 0.2) is 5.82 Å². The number of nitrogens with zero attached hydrogens (tertiary/aromatic N) is 2. The highest BCUT2D eigenvalue weighted by Gasteiger charge is 2.21. The average Bonchev–Trinajstić information content (AvgIpc) is 3.45. The number of aliphatic hydroxyl groups excluding tert-OH is 1. The summed E-state index contributed by atoms with van der Waals surface area (Å²) in [7, 11) is 1.56. The number of carbonyl (C=O) groups is 1. The fourth-order valence-electron chi connectivity index (χ4n) is 5.16. The Morgan fingerprint density at radius 1 is 1.02 bits per heavy atom. The summed E-state index contributed by atoms with van der Waals surface area (Å²) < 4.78 is 20.9. The number of ether oxygens (including phenoxy) is 1. The number of pyridine rings is 2. The van der Waals surface area contributed by atoms with Crippen molar-refractivity contribution in [2.24, 2.45) is 0 Å². The number of hydrogen-bond donors (Lipinski definition) is 5. The molecule has 2 aromatic carbocycles. The van der Waals surface area contributed by atoms with Crippen molar-refractivity contribution in [1.29, 1.82) is 0 Å². The van der Waals surface area contributed by atoms with Gasteiger partial charge in [0.05, 0.1) is 46.0 Å². The minimum absolute atomic E-state index is 0.0840. The van der Waals surface area contributed by atoms with Crippen molar-refractivity contribution in [3.05, 3.63) is 87.8 Å². The van der Waals surface area contributed by atoms with E-state index in [0.717, 1.165) is 12.0 Å². The second kappa shape index (κ2) is 15.0. The number of nitrogens with one attached hydrogen (secondary N) is 4. The maximum atomic E-state index is 15.3. The second-order valence-electron chi connectivity index (χ2n) is 10.9. The van der Waals surface area contributed by atoms with E-state index in [1.165, 1.54) is 0 Å². The minimum Gasteiger partial charge on any atom is -0.481 e. The van der Waals surface area contributed by atoms with Gasteiger partial charge < -0.3 is 31.1 Å². The fourth-order valence-corrected chi connectivity index (χ4v) is 5.73. The molecular formula is C33H35Cl2FN6O3. The third-order valence-corrected chi connectivity index (χ3v) is 8.24. The predicted octanol–water partition coefficient (Wildman–Crippen LogP) is 5.85. The Kier molecular flexibility index (Phi) is 10.9. The van der Waals surface area contributed by atoms with E-state index in [4.69, 9.17) is 32.9 Å². The molecule has 1 aliphatic rings. The van der Waals surface area contributed by atoms with Gasteiger partial charge in [0.25, 0.3) is 0 Å². The third-order valence-electron chi connectivity index (χ3n) is 7.45. The van der Waals surface area contributed by atoms with Crippen LogP contribution in [0, 0.1) is 5.82 Å². The Labute approximate surface area is 271 Å². The second-order valence-corrected chi connectivity index (χ2v) is 11.6. The van der Waals surface area contributed by atoms with Gasteiger partial charge in [-0.3, -0.25) is 9.78 Å². The average molecular weight is 654 g/mol. The molecule has 0 bridgehead atoms. The predicted molar refractivity (Wildman–Crippen MR) is 175 cm³/mol. The van der Waals surface area contributed by atoms with Gasteiger partial charge in [0.2, 0.25) is 11.8 Å². The summed E-state index contributed by atoms with van der Waals surface area (Å²) in [6.45, 7) is 3.46. The van der Waals surface area contributed by atoms with E-state index in [0.29, 0.717) is 75.7 Å². The Morgan fingerprint density at radius 3 is 2.56 bits per heavy atom. The normalized spacial score (nSPS) is 15.2. The number of anilines is 2. The fraction of sp³-hybridized carbons (Fsp3) is 0.303. The van der Waals surface area contributed by atoms with Crippen molar-refractivity contribution in [2.45, 2.75) is 45.0 Å². The molecule has 1 saturated heterocycles. The third kappa shape index (κ3) is 7.89.